The zero-order chi connectivity index (χ0) is 19.2. The van der Waals surface area contributed by atoms with Crippen molar-refractivity contribution >= 4 is 5.91 Å². The molecule has 2 aromatic rings. The van der Waals surface area contributed by atoms with Crippen LogP contribution in [-0.4, -0.2) is 60.7 Å². The Labute approximate surface area is 161 Å². The van der Waals surface area contributed by atoms with Gasteiger partial charge < -0.3 is 14.7 Å². The van der Waals surface area contributed by atoms with Crippen molar-refractivity contribution in [2.75, 3.05) is 33.8 Å². The average molecular weight is 368 g/mol. The Morgan fingerprint density at radius 1 is 1.22 bits per heavy atom. The summed E-state index contributed by atoms with van der Waals surface area (Å²) in [6.45, 7) is 2.24. The number of hydrogen-bond donors (Lipinski definition) is 1. The first-order chi connectivity index (χ1) is 13.1. The number of amides is 1. The number of likely N-dealkylation sites (N-methyl/N-ethyl adjacent to an activating group) is 1. The number of benzene rings is 2. The van der Waals surface area contributed by atoms with Crippen LogP contribution < -0.4 is 4.74 Å². The minimum absolute atomic E-state index is 0.0492. The fourth-order valence-electron chi connectivity index (χ4n) is 3.66. The second-order valence-electron chi connectivity index (χ2n) is 7.12. The quantitative estimate of drug-likeness (QED) is 0.816. The second-order valence-corrected chi connectivity index (χ2v) is 7.12. The number of carbonyl (C=O) groups is 1. The SMILES string of the molecule is COc1ccccc1CC(=O)N(C)C(CN1CCC(O)C1)c1ccccc1. The smallest absolute Gasteiger partial charge is 0.227 e. The normalized spacial score (nSPS) is 18.3. The van der Waals surface area contributed by atoms with E-state index in [1.165, 1.54) is 0 Å². The van der Waals surface area contributed by atoms with Crippen molar-refractivity contribution in [3.63, 3.8) is 0 Å². The van der Waals surface area contributed by atoms with Crippen molar-refractivity contribution in [3.05, 3.63) is 65.7 Å². The molecule has 0 bridgehead atoms. The fourth-order valence-corrected chi connectivity index (χ4v) is 3.66. The molecular weight excluding hydrogens is 340 g/mol. The van der Waals surface area contributed by atoms with Gasteiger partial charge in [0.1, 0.15) is 5.75 Å². The van der Waals surface area contributed by atoms with E-state index >= 15 is 0 Å². The molecule has 0 radical (unpaired) electrons. The molecule has 0 aromatic heterocycles. The fraction of sp³-hybridized carbons (Fsp3) is 0.409. The van der Waals surface area contributed by atoms with Gasteiger partial charge >= 0.3 is 0 Å². The summed E-state index contributed by atoms with van der Waals surface area (Å²) >= 11 is 0. The van der Waals surface area contributed by atoms with Crippen molar-refractivity contribution in [1.82, 2.24) is 9.80 Å². The first-order valence-corrected chi connectivity index (χ1v) is 9.41. The molecule has 0 spiro atoms. The third kappa shape index (κ3) is 4.87. The van der Waals surface area contributed by atoms with E-state index in [0.29, 0.717) is 13.0 Å². The van der Waals surface area contributed by atoms with E-state index < -0.39 is 0 Å². The third-order valence-electron chi connectivity index (χ3n) is 5.26. The molecule has 27 heavy (non-hydrogen) atoms. The summed E-state index contributed by atoms with van der Waals surface area (Å²) in [5, 5.41) is 9.85. The minimum Gasteiger partial charge on any atom is -0.496 e. The number of rotatable bonds is 7. The summed E-state index contributed by atoms with van der Waals surface area (Å²) in [5.41, 5.74) is 2.00. The number of methoxy groups -OCH3 is 1. The van der Waals surface area contributed by atoms with Gasteiger partial charge in [0.05, 0.1) is 25.7 Å². The van der Waals surface area contributed by atoms with E-state index in [9.17, 15) is 9.90 Å². The molecular formula is C22H28N2O3. The third-order valence-corrected chi connectivity index (χ3v) is 5.26. The van der Waals surface area contributed by atoms with Crippen molar-refractivity contribution < 1.29 is 14.6 Å². The van der Waals surface area contributed by atoms with Crippen molar-refractivity contribution in [2.45, 2.75) is 25.0 Å². The van der Waals surface area contributed by atoms with E-state index in [-0.39, 0.29) is 18.1 Å². The molecule has 1 amide bonds. The van der Waals surface area contributed by atoms with Crippen molar-refractivity contribution in [1.29, 1.82) is 0 Å². The van der Waals surface area contributed by atoms with E-state index in [2.05, 4.69) is 17.0 Å². The number of aliphatic hydroxyl groups is 1. The predicted molar refractivity (Wildman–Crippen MR) is 106 cm³/mol. The van der Waals surface area contributed by atoms with Gasteiger partial charge in [0, 0.05) is 32.2 Å². The summed E-state index contributed by atoms with van der Waals surface area (Å²) in [5.74, 6) is 0.784. The molecule has 1 heterocycles. The molecule has 0 aliphatic carbocycles. The van der Waals surface area contributed by atoms with Crippen LogP contribution in [0.3, 0.4) is 0 Å². The van der Waals surface area contributed by atoms with Crippen LogP contribution in [0.1, 0.15) is 23.6 Å². The number of hydrogen-bond acceptors (Lipinski definition) is 4. The van der Waals surface area contributed by atoms with Gasteiger partial charge in [-0.1, -0.05) is 48.5 Å². The van der Waals surface area contributed by atoms with Crippen LogP contribution in [0.15, 0.2) is 54.6 Å². The number of aliphatic hydroxyl groups excluding tert-OH is 1. The van der Waals surface area contributed by atoms with Crippen molar-refractivity contribution in [3.8, 4) is 5.75 Å². The summed E-state index contributed by atoms with van der Waals surface area (Å²) in [6.07, 6.45) is 0.823. The molecule has 1 saturated heterocycles. The molecule has 1 aliphatic heterocycles. The Kier molecular flexibility index (Phi) is 6.48. The van der Waals surface area contributed by atoms with E-state index in [1.807, 2.05) is 54.4 Å². The predicted octanol–water partition coefficient (Wildman–Crippen LogP) is 2.50. The number of ether oxygens (including phenoxy) is 1. The lowest BCUT2D eigenvalue weighted by Crippen LogP contribution is -2.39. The van der Waals surface area contributed by atoms with Crippen LogP contribution in [-0.2, 0) is 11.2 Å². The van der Waals surface area contributed by atoms with Crippen LogP contribution >= 0.6 is 0 Å². The highest BCUT2D eigenvalue weighted by Gasteiger charge is 2.28. The number of nitrogens with zero attached hydrogens (tertiary/aromatic N) is 2. The zero-order valence-electron chi connectivity index (χ0n) is 16.0. The maximum Gasteiger partial charge on any atom is 0.227 e. The lowest BCUT2D eigenvalue weighted by atomic mass is 10.0. The van der Waals surface area contributed by atoms with Crippen LogP contribution in [0.4, 0.5) is 0 Å². The molecule has 1 fully saturated rings. The largest absolute Gasteiger partial charge is 0.496 e. The Morgan fingerprint density at radius 3 is 2.59 bits per heavy atom. The average Bonchev–Trinajstić information content (AvgIpc) is 3.11. The van der Waals surface area contributed by atoms with E-state index in [1.54, 1.807) is 7.11 Å². The van der Waals surface area contributed by atoms with Gasteiger partial charge in [0.15, 0.2) is 0 Å². The molecule has 0 saturated carbocycles. The highest BCUT2D eigenvalue weighted by Crippen LogP contribution is 2.25. The first kappa shape index (κ1) is 19.4. The van der Waals surface area contributed by atoms with Crippen LogP contribution in [0.25, 0.3) is 0 Å². The number of para-hydroxylation sites is 1. The molecule has 1 aliphatic rings. The van der Waals surface area contributed by atoms with Crippen LogP contribution in [0.2, 0.25) is 0 Å². The van der Waals surface area contributed by atoms with E-state index in [0.717, 1.165) is 36.4 Å². The molecule has 3 rings (SSSR count). The molecule has 2 atom stereocenters. The zero-order valence-corrected chi connectivity index (χ0v) is 16.0. The number of β-amino-alcohol motifs (C(OH)–C–C–N with tert-alkyl or cyclic N) is 1. The number of likely N-dealkylation sites (tertiary alicyclic amines) is 1. The standard InChI is InChI=1S/C22H28N2O3/c1-23(22(26)14-18-10-6-7-11-21(18)27-2)20(17-8-4-3-5-9-17)16-24-13-12-19(25)15-24/h3-11,19-20,25H,12-16H2,1-2H3. The molecule has 5 heteroatoms. The summed E-state index contributed by atoms with van der Waals surface area (Å²) in [6, 6.07) is 17.7. The van der Waals surface area contributed by atoms with Gasteiger partial charge in [-0.25, -0.2) is 0 Å². The highest BCUT2D eigenvalue weighted by atomic mass is 16.5. The molecule has 2 aromatic carbocycles. The Balaban J connectivity index is 1.77. The topological polar surface area (TPSA) is 53.0 Å². The highest BCUT2D eigenvalue weighted by molar-refractivity contribution is 5.79. The summed E-state index contributed by atoms with van der Waals surface area (Å²) in [7, 11) is 3.49. The molecule has 144 valence electrons. The summed E-state index contributed by atoms with van der Waals surface area (Å²) < 4.78 is 5.38. The Morgan fingerprint density at radius 2 is 1.93 bits per heavy atom. The molecule has 2 unspecified atom stereocenters. The lowest BCUT2D eigenvalue weighted by molar-refractivity contribution is -0.131. The molecule has 1 N–H and O–H groups in total. The van der Waals surface area contributed by atoms with Gasteiger partial charge in [0.2, 0.25) is 5.91 Å². The van der Waals surface area contributed by atoms with Gasteiger partial charge in [-0.3, -0.25) is 9.69 Å². The Bertz CT molecular complexity index is 750. The van der Waals surface area contributed by atoms with Crippen LogP contribution in [0, 0.1) is 0 Å². The minimum atomic E-state index is -0.268. The summed E-state index contributed by atoms with van der Waals surface area (Å²) in [4.78, 5) is 17.1. The van der Waals surface area contributed by atoms with Gasteiger partial charge in [-0.2, -0.15) is 0 Å². The maximum atomic E-state index is 13.0. The lowest BCUT2D eigenvalue weighted by Gasteiger charge is -2.32. The Hall–Kier alpha value is -2.37. The van der Waals surface area contributed by atoms with Gasteiger partial charge in [-0.05, 0) is 18.1 Å². The van der Waals surface area contributed by atoms with Gasteiger partial charge in [-0.15, -0.1) is 0 Å². The molecule has 5 nitrogen and oxygen atoms in total. The number of carbonyl (C=O) groups excluding carboxylic acids is 1. The second kappa shape index (κ2) is 9.02. The first-order valence-electron chi connectivity index (χ1n) is 9.41. The monoisotopic (exact) mass is 368 g/mol. The van der Waals surface area contributed by atoms with E-state index in [4.69, 9.17) is 4.74 Å². The maximum absolute atomic E-state index is 13.0. The van der Waals surface area contributed by atoms with Crippen molar-refractivity contribution in [2.24, 2.45) is 0 Å². The van der Waals surface area contributed by atoms with Crippen LogP contribution in [0.5, 0.6) is 5.75 Å². The van der Waals surface area contributed by atoms with Gasteiger partial charge in [0.25, 0.3) is 0 Å².